The van der Waals surface area contributed by atoms with Crippen molar-refractivity contribution in [3.05, 3.63) is 217 Å². The molecule has 0 spiro atoms. The predicted octanol–water partition coefficient (Wildman–Crippen LogP) is 16.9. The number of aromatic nitrogens is 3. The minimum Gasteiger partial charge on any atom is -0.455 e. The highest BCUT2D eigenvalue weighted by molar-refractivity contribution is 6.26. The van der Waals surface area contributed by atoms with E-state index >= 15 is 0 Å². The molecule has 0 aliphatic heterocycles. The summed E-state index contributed by atoms with van der Waals surface area (Å²) >= 11 is 0. The van der Waals surface area contributed by atoms with E-state index in [0.717, 1.165) is 120 Å². The Bertz CT molecular complexity index is 4590. The van der Waals surface area contributed by atoms with Gasteiger partial charge in [0.15, 0.2) is 0 Å². The van der Waals surface area contributed by atoms with Gasteiger partial charge < -0.3 is 22.5 Å². The molecule has 0 radical (unpaired) electrons. The molecule has 0 N–H and O–H groups in total. The molecule has 5 heterocycles. The molecule has 10 aromatic carbocycles. The Morgan fingerprint density at radius 1 is 0.377 bits per heavy atom. The van der Waals surface area contributed by atoms with Crippen LogP contribution in [-0.4, -0.2) is 13.7 Å². The van der Waals surface area contributed by atoms with Crippen LogP contribution in [-0.2, 0) is 0 Å². The van der Waals surface area contributed by atoms with Crippen LogP contribution in [0.15, 0.2) is 209 Å². The second-order valence-corrected chi connectivity index (χ2v) is 17.7. The molecule has 0 saturated carbocycles. The standard InChI is InChI=1S/C62H33N5O2/c1-64-47-34-38(35-63)58(66-49-23-11-6-20-44(49)56-52(66)31-28-42-40-18-8-13-25-54(40)68-61(42)56)60(65-48-22-10-5-17-39(48)46-33-37(27-30-51(46)65)36-15-3-2-4-16-36)59(47)67-50-24-12-7-21-45(50)57-53(67)32-29-43-41-19-9-14-26-55(41)69-62(43)57/h2-34H. The predicted molar refractivity (Wildman–Crippen MR) is 280 cm³/mol. The van der Waals surface area contributed by atoms with Gasteiger partial charge in [0, 0.05) is 43.1 Å². The van der Waals surface area contributed by atoms with E-state index in [2.05, 4.69) is 164 Å². The van der Waals surface area contributed by atoms with Crippen molar-refractivity contribution in [2.45, 2.75) is 0 Å². The van der Waals surface area contributed by atoms with Gasteiger partial charge in [0.1, 0.15) is 28.4 Å². The van der Waals surface area contributed by atoms with Crippen molar-refractivity contribution in [2.75, 3.05) is 0 Å². The van der Waals surface area contributed by atoms with Crippen molar-refractivity contribution in [3.63, 3.8) is 0 Å². The molecule has 0 saturated heterocycles. The molecule has 69 heavy (non-hydrogen) atoms. The maximum Gasteiger partial charge on any atom is 0.214 e. The number of nitriles is 1. The van der Waals surface area contributed by atoms with E-state index < -0.39 is 0 Å². The largest absolute Gasteiger partial charge is 0.455 e. The summed E-state index contributed by atoms with van der Waals surface area (Å²) in [6.07, 6.45) is 0. The van der Waals surface area contributed by atoms with E-state index in [1.165, 1.54) is 0 Å². The number of nitrogens with zero attached hydrogens (tertiary/aromatic N) is 5. The Morgan fingerprint density at radius 2 is 0.841 bits per heavy atom. The average molecular weight is 880 g/mol. The number of para-hydroxylation sites is 5. The van der Waals surface area contributed by atoms with Gasteiger partial charge in [-0.25, -0.2) is 4.85 Å². The molecule has 318 valence electrons. The monoisotopic (exact) mass is 879 g/mol. The van der Waals surface area contributed by atoms with Gasteiger partial charge in [0.05, 0.1) is 73.1 Å². The maximum atomic E-state index is 11.6. The molecular formula is C62H33N5O2. The number of rotatable bonds is 4. The highest BCUT2D eigenvalue weighted by Crippen LogP contribution is 2.50. The van der Waals surface area contributed by atoms with Gasteiger partial charge in [-0.3, -0.25) is 0 Å². The van der Waals surface area contributed by atoms with Gasteiger partial charge >= 0.3 is 0 Å². The molecule has 7 nitrogen and oxygen atoms in total. The molecule has 0 aliphatic carbocycles. The topological polar surface area (TPSA) is 69.2 Å². The van der Waals surface area contributed by atoms with Crippen LogP contribution < -0.4 is 0 Å². The SMILES string of the molecule is [C-]#[N+]c1cc(C#N)c(-n2c3ccccc3c3c4oc5ccccc5c4ccc32)c(-n2c3ccccc3c3cc(-c4ccccc4)ccc32)c1-n1c2ccccc2c2c3oc4ccccc4c3ccc21. The molecule has 0 unspecified atom stereocenters. The molecule has 0 amide bonds. The van der Waals surface area contributed by atoms with Crippen LogP contribution in [0.4, 0.5) is 5.69 Å². The fourth-order valence-electron chi connectivity index (χ4n) is 11.4. The van der Waals surface area contributed by atoms with Crippen LogP contribution in [0, 0.1) is 17.9 Å². The lowest BCUT2D eigenvalue weighted by atomic mass is 10.0. The van der Waals surface area contributed by atoms with E-state index in [0.29, 0.717) is 28.3 Å². The normalized spacial score (nSPS) is 12.0. The molecular weight excluding hydrogens is 847 g/mol. The Hall–Kier alpha value is -9.82. The lowest BCUT2D eigenvalue weighted by molar-refractivity contribution is 0.672. The van der Waals surface area contributed by atoms with Crippen LogP contribution in [0.3, 0.4) is 0 Å². The molecule has 0 aliphatic rings. The second kappa shape index (κ2) is 13.9. The van der Waals surface area contributed by atoms with Crippen LogP contribution in [0.2, 0.25) is 0 Å². The van der Waals surface area contributed by atoms with Crippen LogP contribution >= 0.6 is 0 Å². The fraction of sp³-hybridized carbons (Fsp3) is 0. The summed E-state index contributed by atoms with van der Waals surface area (Å²) in [6, 6.07) is 71.6. The smallest absolute Gasteiger partial charge is 0.214 e. The second-order valence-electron chi connectivity index (χ2n) is 17.7. The van der Waals surface area contributed by atoms with Gasteiger partial charge in [-0.05, 0) is 83.9 Å². The van der Waals surface area contributed by atoms with Gasteiger partial charge in [0.25, 0.3) is 0 Å². The zero-order chi connectivity index (χ0) is 45.5. The van der Waals surface area contributed by atoms with E-state index in [1.54, 1.807) is 6.07 Å². The summed E-state index contributed by atoms with van der Waals surface area (Å²) < 4.78 is 20.3. The molecule has 5 aromatic heterocycles. The van der Waals surface area contributed by atoms with Gasteiger partial charge in [-0.1, -0.05) is 127 Å². The lowest BCUT2D eigenvalue weighted by Gasteiger charge is -2.24. The quantitative estimate of drug-likeness (QED) is 0.165. The summed E-state index contributed by atoms with van der Waals surface area (Å²) in [5.74, 6) is 0. The summed E-state index contributed by atoms with van der Waals surface area (Å²) in [6.45, 7) is 9.06. The third kappa shape index (κ3) is 4.97. The third-order valence-corrected chi connectivity index (χ3v) is 14.3. The summed E-state index contributed by atoms with van der Waals surface area (Å²) in [7, 11) is 0. The Kier molecular flexibility index (Phi) is 7.51. The van der Waals surface area contributed by atoms with Crippen LogP contribution in [0.5, 0.6) is 0 Å². The number of fused-ring (bicyclic) bond motifs is 17. The maximum absolute atomic E-state index is 11.6. The van der Waals surface area contributed by atoms with Crippen LogP contribution in [0.1, 0.15) is 5.56 Å². The fourth-order valence-corrected chi connectivity index (χ4v) is 11.4. The van der Waals surface area contributed by atoms with Crippen molar-refractivity contribution >= 4 is 115 Å². The minimum atomic E-state index is 0.338. The third-order valence-electron chi connectivity index (χ3n) is 14.3. The van der Waals surface area contributed by atoms with Crippen molar-refractivity contribution in [3.8, 4) is 34.3 Å². The Morgan fingerprint density at radius 3 is 1.42 bits per heavy atom. The summed E-state index contributed by atoms with van der Waals surface area (Å²) in [5, 5.41) is 21.7. The summed E-state index contributed by atoms with van der Waals surface area (Å²) in [5.41, 5.74) is 13.5. The van der Waals surface area contributed by atoms with E-state index in [1.807, 2.05) is 54.6 Å². The van der Waals surface area contributed by atoms with Crippen molar-refractivity contribution in [2.24, 2.45) is 0 Å². The van der Waals surface area contributed by atoms with E-state index in [4.69, 9.17) is 15.4 Å². The van der Waals surface area contributed by atoms with Gasteiger partial charge in [0.2, 0.25) is 5.69 Å². The molecule has 0 fully saturated rings. The molecule has 0 bridgehead atoms. The Labute approximate surface area is 392 Å². The van der Waals surface area contributed by atoms with Crippen LogP contribution in [0.25, 0.3) is 142 Å². The average Bonchev–Trinajstić information content (AvgIpc) is 4.22. The first-order valence-corrected chi connectivity index (χ1v) is 22.9. The zero-order valence-corrected chi connectivity index (χ0v) is 36.6. The number of furan rings is 2. The minimum absolute atomic E-state index is 0.338. The zero-order valence-electron chi connectivity index (χ0n) is 36.6. The molecule has 15 aromatic rings. The first-order valence-electron chi connectivity index (χ1n) is 22.9. The van der Waals surface area contributed by atoms with E-state index in [9.17, 15) is 5.26 Å². The number of hydrogen-bond donors (Lipinski definition) is 0. The molecule has 0 atom stereocenters. The van der Waals surface area contributed by atoms with Crippen molar-refractivity contribution in [1.29, 1.82) is 5.26 Å². The number of benzene rings is 10. The van der Waals surface area contributed by atoms with E-state index in [-0.39, 0.29) is 0 Å². The Balaban J connectivity index is 1.18. The highest BCUT2D eigenvalue weighted by atomic mass is 16.3. The first-order chi connectivity index (χ1) is 34.2. The van der Waals surface area contributed by atoms with Gasteiger partial charge in [-0.2, -0.15) is 5.26 Å². The van der Waals surface area contributed by atoms with Gasteiger partial charge in [-0.15, -0.1) is 0 Å². The lowest BCUT2D eigenvalue weighted by Crippen LogP contribution is -2.11. The van der Waals surface area contributed by atoms with Crippen molar-refractivity contribution < 1.29 is 8.83 Å². The number of hydrogen-bond acceptors (Lipinski definition) is 3. The van der Waals surface area contributed by atoms with Crippen molar-refractivity contribution in [1.82, 2.24) is 13.7 Å². The molecule has 15 rings (SSSR count). The summed E-state index contributed by atoms with van der Waals surface area (Å²) in [4.78, 5) is 4.36. The highest BCUT2D eigenvalue weighted by Gasteiger charge is 2.31. The molecule has 7 heteroatoms. The first kappa shape index (κ1) is 37.4.